The first-order valence-electron chi connectivity index (χ1n) is 7.30. The van der Waals surface area contributed by atoms with Gasteiger partial charge in [-0.2, -0.15) is 4.72 Å². The molecule has 0 radical (unpaired) electrons. The molecule has 1 aromatic rings. The zero-order valence-electron chi connectivity index (χ0n) is 13.7. The first-order valence-corrected chi connectivity index (χ1v) is 8.78. The fraction of sp³-hybridized carbons (Fsp3) is 0.533. The molecule has 0 bridgehead atoms. The summed E-state index contributed by atoms with van der Waals surface area (Å²) in [5.74, 6) is -1.03. The lowest BCUT2D eigenvalue weighted by molar-refractivity contribution is -0.133. The number of aliphatic hydroxyl groups is 1. The Hall–Kier alpha value is -1.48. The number of hydroxylamine groups is 1. The number of carbonyl (C=O) groups excluding carboxylic acids is 1. The van der Waals surface area contributed by atoms with Gasteiger partial charge in [0.15, 0.2) is 0 Å². The predicted molar refractivity (Wildman–Crippen MR) is 85.5 cm³/mol. The molecule has 7 nitrogen and oxygen atoms in total. The summed E-state index contributed by atoms with van der Waals surface area (Å²) in [7, 11) is -4.01. The van der Waals surface area contributed by atoms with Crippen molar-refractivity contribution in [3.8, 4) is 0 Å². The van der Waals surface area contributed by atoms with E-state index in [2.05, 4.69) is 18.6 Å². The number of carbonyl (C=O) groups is 1. The molecule has 8 heteroatoms. The van der Waals surface area contributed by atoms with E-state index in [-0.39, 0.29) is 10.3 Å². The lowest BCUT2D eigenvalue weighted by Gasteiger charge is -2.24. The highest BCUT2D eigenvalue weighted by atomic mass is 32.2. The van der Waals surface area contributed by atoms with E-state index in [1.54, 1.807) is 12.1 Å². The Bertz CT molecular complexity index is 638. The maximum Gasteiger partial charge on any atom is 0.264 e. The topological polar surface area (TPSA) is 116 Å². The maximum absolute atomic E-state index is 12.3. The maximum atomic E-state index is 12.3. The van der Waals surface area contributed by atoms with E-state index in [1.165, 1.54) is 24.5 Å². The first kappa shape index (κ1) is 19.6. The van der Waals surface area contributed by atoms with Crippen LogP contribution in [0.5, 0.6) is 0 Å². The van der Waals surface area contributed by atoms with Crippen LogP contribution in [0.4, 0.5) is 0 Å². The summed E-state index contributed by atoms with van der Waals surface area (Å²) in [6.07, 6.45) is -0.409. The molecule has 1 amide bonds. The van der Waals surface area contributed by atoms with Gasteiger partial charge in [0, 0.05) is 0 Å². The Labute approximate surface area is 136 Å². The van der Waals surface area contributed by atoms with Crippen LogP contribution in [0, 0.1) is 0 Å². The molecule has 0 saturated carbocycles. The molecule has 0 fully saturated rings. The van der Waals surface area contributed by atoms with Gasteiger partial charge >= 0.3 is 0 Å². The summed E-state index contributed by atoms with van der Waals surface area (Å²) in [5.41, 5.74) is 2.26. The van der Waals surface area contributed by atoms with Crippen molar-refractivity contribution in [3.63, 3.8) is 0 Å². The van der Waals surface area contributed by atoms with E-state index >= 15 is 0 Å². The number of rotatable bonds is 7. The van der Waals surface area contributed by atoms with Crippen LogP contribution < -0.4 is 10.2 Å². The van der Waals surface area contributed by atoms with Gasteiger partial charge in [0.1, 0.15) is 6.04 Å². The number of hydrogen-bond acceptors (Lipinski definition) is 5. The molecule has 1 aromatic carbocycles. The lowest BCUT2D eigenvalue weighted by atomic mass is 9.82. The number of aliphatic hydroxyl groups excluding tert-OH is 1. The fourth-order valence-electron chi connectivity index (χ4n) is 1.97. The Morgan fingerprint density at radius 1 is 1.26 bits per heavy atom. The van der Waals surface area contributed by atoms with Crippen molar-refractivity contribution < 1.29 is 23.5 Å². The molecule has 0 heterocycles. The third-order valence-electron chi connectivity index (χ3n) is 3.99. The van der Waals surface area contributed by atoms with Crippen LogP contribution in [-0.4, -0.2) is 36.8 Å². The minimum Gasteiger partial charge on any atom is -0.391 e. The normalized spacial score (nSPS) is 15.0. The monoisotopic (exact) mass is 344 g/mol. The molecule has 0 saturated heterocycles. The molecule has 1 rings (SSSR count). The highest BCUT2D eigenvalue weighted by molar-refractivity contribution is 7.89. The minimum atomic E-state index is -4.01. The third-order valence-corrected chi connectivity index (χ3v) is 5.44. The van der Waals surface area contributed by atoms with Gasteiger partial charge in [-0.25, -0.2) is 13.9 Å². The van der Waals surface area contributed by atoms with E-state index < -0.39 is 28.1 Å². The second kappa shape index (κ2) is 7.39. The quantitative estimate of drug-likeness (QED) is 0.433. The summed E-state index contributed by atoms with van der Waals surface area (Å²) in [5, 5.41) is 18.1. The largest absolute Gasteiger partial charge is 0.391 e. The van der Waals surface area contributed by atoms with Crippen LogP contribution in [0.15, 0.2) is 29.2 Å². The van der Waals surface area contributed by atoms with Crippen LogP contribution >= 0.6 is 0 Å². The van der Waals surface area contributed by atoms with Gasteiger partial charge in [0.25, 0.3) is 5.91 Å². The zero-order chi connectivity index (χ0) is 17.8. The predicted octanol–water partition coefficient (Wildman–Crippen LogP) is 0.907. The second-order valence-electron chi connectivity index (χ2n) is 6.08. The molecule has 0 aliphatic carbocycles. The van der Waals surface area contributed by atoms with Gasteiger partial charge in [0.2, 0.25) is 10.0 Å². The fourth-order valence-corrected chi connectivity index (χ4v) is 3.23. The Balaban J connectivity index is 3.07. The van der Waals surface area contributed by atoms with Crippen LogP contribution in [0.3, 0.4) is 0 Å². The van der Waals surface area contributed by atoms with Crippen molar-refractivity contribution >= 4 is 15.9 Å². The zero-order valence-corrected chi connectivity index (χ0v) is 14.5. The van der Waals surface area contributed by atoms with Gasteiger partial charge in [-0.1, -0.05) is 32.9 Å². The average molecular weight is 344 g/mol. The molecular weight excluding hydrogens is 320 g/mol. The summed E-state index contributed by atoms with van der Waals surface area (Å²) in [6, 6.07) is 4.86. The second-order valence-corrected chi connectivity index (χ2v) is 7.79. The number of benzene rings is 1. The van der Waals surface area contributed by atoms with E-state index in [4.69, 9.17) is 5.21 Å². The summed E-state index contributed by atoms with van der Waals surface area (Å²) in [6.45, 7) is 7.41. The number of sulfonamides is 1. The smallest absolute Gasteiger partial charge is 0.264 e. The molecule has 4 N–H and O–H groups in total. The van der Waals surface area contributed by atoms with Crippen LogP contribution in [0.1, 0.15) is 39.7 Å². The standard InChI is InChI=1S/C15H24N2O5S/c1-5-15(3,4)11-6-8-12(9-7-11)23(21,22)17-13(10(2)18)14(19)16-20/h6-10,13,17-18,20H,5H2,1-4H3,(H,16,19)/t10-,13+/m1/s1. The van der Waals surface area contributed by atoms with Gasteiger partial charge in [0.05, 0.1) is 11.0 Å². The SMILES string of the molecule is CCC(C)(C)c1ccc(S(=O)(=O)N[C@H](C(=O)NO)[C@@H](C)O)cc1. The van der Waals surface area contributed by atoms with Gasteiger partial charge < -0.3 is 5.11 Å². The summed E-state index contributed by atoms with van der Waals surface area (Å²) in [4.78, 5) is 11.4. The van der Waals surface area contributed by atoms with Gasteiger partial charge in [-0.3, -0.25) is 10.0 Å². The van der Waals surface area contributed by atoms with Crippen molar-refractivity contribution in [2.45, 2.75) is 56.6 Å². The van der Waals surface area contributed by atoms with Gasteiger partial charge in [-0.05, 0) is 36.5 Å². The first-order chi connectivity index (χ1) is 10.5. The molecule has 0 aromatic heterocycles. The number of amides is 1. The van der Waals surface area contributed by atoms with Crippen LogP contribution in [0.25, 0.3) is 0 Å². The Morgan fingerprint density at radius 3 is 2.17 bits per heavy atom. The van der Waals surface area contributed by atoms with Crippen molar-refractivity contribution in [3.05, 3.63) is 29.8 Å². The average Bonchev–Trinajstić information content (AvgIpc) is 2.51. The molecule has 0 aliphatic rings. The van der Waals surface area contributed by atoms with Gasteiger partial charge in [-0.15, -0.1) is 0 Å². The summed E-state index contributed by atoms with van der Waals surface area (Å²) >= 11 is 0. The van der Waals surface area contributed by atoms with Crippen molar-refractivity contribution in [2.24, 2.45) is 0 Å². The molecule has 0 unspecified atom stereocenters. The van der Waals surface area contributed by atoms with E-state index in [0.717, 1.165) is 12.0 Å². The molecule has 23 heavy (non-hydrogen) atoms. The van der Waals surface area contributed by atoms with Crippen LogP contribution in [0.2, 0.25) is 0 Å². The summed E-state index contributed by atoms with van der Waals surface area (Å²) < 4.78 is 26.7. The highest BCUT2D eigenvalue weighted by Crippen LogP contribution is 2.27. The number of hydrogen-bond donors (Lipinski definition) is 4. The number of nitrogens with one attached hydrogen (secondary N) is 2. The Kier molecular flexibility index (Phi) is 6.29. The van der Waals surface area contributed by atoms with E-state index in [1.807, 2.05) is 6.92 Å². The molecule has 0 spiro atoms. The van der Waals surface area contributed by atoms with Crippen molar-refractivity contribution in [1.29, 1.82) is 0 Å². The molecule has 130 valence electrons. The minimum absolute atomic E-state index is 0.0236. The highest BCUT2D eigenvalue weighted by Gasteiger charge is 2.29. The Morgan fingerprint density at radius 2 is 1.78 bits per heavy atom. The van der Waals surface area contributed by atoms with Crippen molar-refractivity contribution in [1.82, 2.24) is 10.2 Å². The lowest BCUT2D eigenvalue weighted by Crippen LogP contribution is -2.51. The van der Waals surface area contributed by atoms with Crippen LogP contribution in [-0.2, 0) is 20.2 Å². The van der Waals surface area contributed by atoms with E-state index in [0.29, 0.717) is 0 Å². The molecular formula is C15H24N2O5S. The van der Waals surface area contributed by atoms with Crippen molar-refractivity contribution in [2.75, 3.05) is 0 Å². The molecule has 2 atom stereocenters. The molecule has 0 aliphatic heterocycles. The van der Waals surface area contributed by atoms with E-state index in [9.17, 15) is 18.3 Å². The third kappa shape index (κ3) is 4.74.